The van der Waals surface area contributed by atoms with E-state index in [1.54, 1.807) is 7.11 Å². The smallest absolute Gasteiger partial charge is 0.286 e. The van der Waals surface area contributed by atoms with Gasteiger partial charge in [-0.25, -0.2) is 0 Å². The number of aromatic nitrogens is 2. The lowest BCUT2D eigenvalue weighted by molar-refractivity contribution is -0.121. The van der Waals surface area contributed by atoms with Crippen LogP contribution in [0.2, 0.25) is 0 Å². The van der Waals surface area contributed by atoms with Crippen LogP contribution in [0.15, 0.2) is 48.5 Å². The van der Waals surface area contributed by atoms with E-state index < -0.39 is 0 Å². The fourth-order valence-electron chi connectivity index (χ4n) is 2.81. The molecule has 2 N–H and O–H groups in total. The highest BCUT2D eigenvalue weighted by Gasteiger charge is 2.14. The van der Waals surface area contributed by atoms with Gasteiger partial charge in [0.25, 0.3) is 5.91 Å². The molecule has 0 saturated heterocycles. The maximum absolute atomic E-state index is 12.4. The van der Waals surface area contributed by atoms with Gasteiger partial charge in [-0.05, 0) is 42.7 Å². The number of hydrogen-bond acceptors (Lipinski definition) is 6. The average molecular weight is 425 g/mol. The Bertz CT molecular complexity index is 1020. The molecular formula is C22H24N4O3S. The summed E-state index contributed by atoms with van der Waals surface area (Å²) < 4.78 is 5.18. The van der Waals surface area contributed by atoms with Crippen molar-refractivity contribution in [1.29, 1.82) is 0 Å². The van der Waals surface area contributed by atoms with Gasteiger partial charge < -0.3 is 15.4 Å². The number of carbonyl (C=O) groups excluding carboxylic acids is 2. The molecule has 0 aliphatic heterocycles. The molecule has 3 rings (SSSR count). The Kier molecular flexibility index (Phi) is 7.51. The number of rotatable bonds is 9. The Morgan fingerprint density at radius 1 is 1.10 bits per heavy atom. The molecule has 1 heterocycles. The number of ether oxygens (including phenoxy) is 1. The summed E-state index contributed by atoms with van der Waals surface area (Å²) in [6, 6.07) is 15.2. The molecule has 1 aromatic heterocycles. The summed E-state index contributed by atoms with van der Waals surface area (Å²) in [7, 11) is 1.61. The maximum atomic E-state index is 12.4. The van der Waals surface area contributed by atoms with E-state index in [4.69, 9.17) is 4.74 Å². The molecule has 0 saturated carbocycles. The van der Waals surface area contributed by atoms with Crippen LogP contribution in [-0.2, 0) is 17.8 Å². The van der Waals surface area contributed by atoms with E-state index in [1.165, 1.54) is 11.3 Å². The second-order valence-corrected chi connectivity index (χ2v) is 7.81. The quantitative estimate of drug-likeness (QED) is 0.546. The monoisotopic (exact) mass is 424 g/mol. The summed E-state index contributed by atoms with van der Waals surface area (Å²) in [5.74, 6) is 0.462. The first-order chi connectivity index (χ1) is 14.5. The third kappa shape index (κ3) is 6.12. The summed E-state index contributed by atoms with van der Waals surface area (Å²) in [5, 5.41) is 14.9. The van der Waals surface area contributed by atoms with Crippen molar-refractivity contribution >= 4 is 28.8 Å². The van der Waals surface area contributed by atoms with Crippen molar-refractivity contribution in [2.24, 2.45) is 0 Å². The van der Waals surface area contributed by atoms with Crippen molar-refractivity contribution in [3.63, 3.8) is 0 Å². The number of carbonyl (C=O) groups is 2. The van der Waals surface area contributed by atoms with Crippen molar-refractivity contribution < 1.29 is 14.3 Å². The topological polar surface area (TPSA) is 93.2 Å². The predicted octanol–water partition coefficient (Wildman–Crippen LogP) is 3.75. The zero-order valence-electron chi connectivity index (χ0n) is 17.0. The van der Waals surface area contributed by atoms with E-state index in [-0.39, 0.29) is 11.8 Å². The molecule has 0 bridgehead atoms. The number of aryl methyl sites for hydroxylation is 2. The summed E-state index contributed by atoms with van der Waals surface area (Å²) in [4.78, 5) is 24.4. The lowest BCUT2D eigenvalue weighted by atomic mass is 10.2. The molecule has 0 radical (unpaired) electrons. The van der Waals surface area contributed by atoms with Crippen molar-refractivity contribution in [3.05, 3.63) is 69.7 Å². The number of benzene rings is 2. The molecule has 7 nitrogen and oxygen atoms in total. The second-order valence-electron chi connectivity index (χ2n) is 6.75. The Morgan fingerprint density at radius 2 is 1.93 bits per heavy atom. The largest absolute Gasteiger partial charge is 0.497 e. The molecule has 2 amide bonds. The standard InChI is InChI=1S/C22H24N4O3S/c1-15-7-3-4-10-18(15)24-21(28)22-26-25-20(30-22)12-6-11-19(27)23-14-16-8-5-9-17(13-16)29-2/h3-5,7-10,13H,6,11-12,14H2,1-2H3,(H,23,27)(H,24,28). The van der Waals surface area contributed by atoms with Gasteiger partial charge in [0.05, 0.1) is 7.11 Å². The van der Waals surface area contributed by atoms with E-state index in [1.807, 2.05) is 55.5 Å². The van der Waals surface area contributed by atoms with E-state index in [9.17, 15) is 9.59 Å². The molecule has 0 aliphatic rings. The van der Waals surface area contributed by atoms with E-state index in [2.05, 4.69) is 20.8 Å². The van der Waals surface area contributed by atoms with Gasteiger partial charge in [-0.15, -0.1) is 10.2 Å². The van der Waals surface area contributed by atoms with Crippen LogP contribution in [0.5, 0.6) is 5.75 Å². The second kappa shape index (κ2) is 10.5. The number of hydrogen-bond donors (Lipinski definition) is 2. The third-order valence-electron chi connectivity index (χ3n) is 4.47. The highest BCUT2D eigenvalue weighted by molar-refractivity contribution is 7.13. The van der Waals surface area contributed by atoms with Gasteiger partial charge in [0.1, 0.15) is 10.8 Å². The van der Waals surface area contributed by atoms with Crippen LogP contribution < -0.4 is 15.4 Å². The van der Waals surface area contributed by atoms with E-state index in [0.717, 1.165) is 27.6 Å². The lowest BCUT2D eigenvalue weighted by Gasteiger charge is -2.06. The van der Waals surface area contributed by atoms with Crippen LogP contribution >= 0.6 is 11.3 Å². The van der Waals surface area contributed by atoms with Gasteiger partial charge in [0.15, 0.2) is 0 Å². The van der Waals surface area contributed by atoms with Crippen LogP contribution in [0.3, 0.4) is 0 Å². The molecule has 0 atom stereocenters. The predicted molar refractivity (Wildman–Crippen MR) is 117 cm³/mol. The lowest BCUT2D eigenvalue weighted by Crippen LogP contribution is -2.22. The van der Waals surface area contributed by atoms with Crippen LogP contribution in [0.4, 0.5) is 5.69 Å². The first-order valence-electron chi connectivity index (χ1n) is 9.64. The summed E-state index contributed by atoms with van der Waals surface area (Å²) in [6.07, 6.45) is 1.62. The highest BCUT2D eigenvalue weighted by Crippen LogP contribution is 2.18. The zero-order valence-corrected chi connectivity index (χ0v) is 17.8. The van der Waals surface area contributed by atoms with Crippen LogP contribution in [0, 0.1) is 6.92 Å². The maximum Gasteiger partial charge on any atom is 0.286 e. The van der Waals surface area contributed by atoms with Crippen molar-refractivity contribution in [3.8, 4) is 5.75 Å². The van der Waals surface area contributed by atoms with Crippen LogP contribution in [0.25, 0.3) is 0 Å². The molecule has 0 spiro atoms. The van der Waals surface area contributed by atoms with Gasteiger partial charge in [-0.1, -0.05) is 41.7 Å². The Morgan fingerprint density at radius 3 is 2.73 bits per heavy atom. The average Bonchev–Trinajstić information content (AvgIpc) is 3.23. The van der Waals surface area contributed by atoms with E-state index >= 15 is 0 Å². The normalized spacial score (nSPS) is 10.5. The van der Waals surface area contributed by atoms with Gasteiger partial charge in [-0.3, -0.25) is 9.59 Å². The molecule has 0 unspecified atom stereocenters. The van der Waals surface area contributed by atoms with Gasteiger partial charge >= 0.3 is 0 Å². The van der Waals surface area contributed by atoms with E-state index in [0.29, 0.717) is 30.8 Å². The molecule has 2 aromatic carbocycles. The van der Waals surface area contributed by atoms with Crippen LogP contribution in [-0.4, -0.2) is 29.1 Å². The molecule has 0 aliphatic carbocycles. The van der Waals surface area contributed by atoms with Crippen molar-refractivity contribution in [1.82, 2.24) is 15.5 Å². The molecular weight excluding hydrogens is 400 g/mol. The number of anilines is 1. The highest BCUT2D eigenvalue weighted by atomic mass is 32.1. The summed E-state index contributed by atoms with van der Waals surface area (Å²) >= 11 is 1.25. The Hall–Kier alpha value is -3.26. The summed E-state index contributed by atoms with van der Waals surface area (Å²) in [5.41, 5.74) is 2.72. The number of methoxy groups -OCH3 is 1. The number of nitrogens with zero attached hydrogens (tertiary/aromatic N) is 2. The van der Waals surface area contributed by atoms with Crippen molar-refractivity contribution in [2.45, 2.75) is 32.7 Å². The third-order valence-corrected chi connectivity index (χ3v) is 5.45. The fourth-order valence-corrected chi connectivity index (χ4v) is 3.58. The number of para-hydroxylation sites is 1. The minimum absolute atomic E-state index is 0.0279. The fraction of sp³-hybridized carbons (Fsp3) is 0.273. The SMILES string of the molecule is COc1cccc(CNC(=O)CCCc2nnc(C(=O)Nc3ccccc3C)s2)c1. The first-order valence-corrected chi connectivity index (χ1v) is 10.5. The van der Waals surface area contributed by atoms with Crippen LogP contribution in [0.1, 0.15) is 38.8 Å². The van der Waals surface area contributed by atoms with Gasteiger partial charge in [0, 0.05) is 25.1 Å². The minimum Gasteiger partial charge on any atom is -0.497 e. The first kappa shape index (κ1) is 21.4. The molecule has 156 valence electrons. The number of nitrogens with one attached hydrogen (secondary N) is 2. The zero-order chi connectivity index (χ0) is 21.3. The Labute approximate surface area is 179 Å². The molecule has 8 heteroatoms. The Balaban J connectivity index is 1.42. The molecule has 30 heavy (non-hydrogen) atoms. The van der Waals surface area contributed by atoms with Gasteiger partial charge in [-0.2, -0.15) is 0 Å². The molecule has 3 aromatic rings. The number of amides is 2. The van der Waals surface area contributed by atoms with Gasteiger partial charge in [0.2, 0.25) is 10.9 Å². The van der Waals surface area contributed by atoms with Crippen molar-refractivity contribution in [2.75, 3.05) is 12.4 Å². The molecule has 0 fully saturated rings. The summed E-state index contributed by atoms with van der Waals surface area (Å²) in [6.45, 7) is 2.39. The minimum atomic E-state index is -0.274.